The Morgan fingerprint density at radius 1 is 0.895 bits per heavy atom. The van der Waals surface area contributed by atoms with Gasteiger partial charge in [0.2, 0.25) is 11.6 Å². The average molecular weight is 531 g/mol. The maximum Gasteiger partial charge on any atom is 0.314 e. The highest BCUT2D eigenvalue weighted by atomic mass is 19.2. The molecular formula is C33H48F2O3. The average Bonchev–Trinajstić information content (AvgIpc) is 2.94. The maximum absolute atomic E-state index is 14.7. The van der Waals surface area contributed by atoms with Crippen LogP contribution < -0.4 is 9.47 Å². The Labute approximate surface area is 228 Å². The molecule has 0 saturated heterocycles. The Balaban J connectivity index is 1.28. The lowest BCUT2D eigenvalue weighted by molar-refractivity contribution is -0.144. The van der Waals surface area contributed by atoms with Crippen LogP contribution in [0.1, 0.15) is 110 Å². The topological polar surface area (TPSA) is 35.5 Å². The first-order valence-corrected chi connectivity index (χ1v) is 15.4. The molecule has 0 heterocycles. The minimum atomic E-state index is -1.16. The second-order valence-electron chi connectivity index (χ2n) is 12.2. The molecule has 212 valence electrons. The summed E-state index contributed by atoms with van der Waals surface area (Å²) in [6.45, 7) is 4.26. The van der Waals surface area contributed by atoms with Crippen LogP contribution in [0.25, 0.3) is 0 Å². The number of hydrogen-bond acceptors (Lipinski definition) is 3. The van der Waals surface area contributed by atoms with Crippen molar-refractivity contribution >= 4 is 5.97 Å². The van der Waals surface area contributed by atoms with Crippen LogP contribution in [0.15, 0.2) is 24.3 Å². The number of fused-ring (bicyclic) bond motifs is 1. The van der Waals surface area contributed by atoms with E-state index in [0.717, 1.165) is 37.0 Å². The lowest BCUT2D eigenvalue weighted by atomic mass is 9.59. The molecule has 4 unspecified atom stereocenters. The molecule has 1 aromatic carbocycles. The zero-order valence-corrected chi connectivity index (χ0v) is 23.6. The van der Waals surface area contributed by atoms with E-state index < -0.39 is 17.6 Å². The van der Waals surface area contributed by atoms with Gasteiger partial charge >= 0.3 is 5.97 Å². The second kappa shape index (κ2) is 14.5. The number of hydrogen-bond donors (Lipinski definition) is 0. The Hall–Kier alpha value is -1.91. The summed E-state index contributed by atoms with van der Waals surface area (Å²) in [5.41, 5.74) is 0. The van der Waals surface area contributed by atoms with Gasteiger partial charge in [-0.1, -0.05) is 76.9 Å². The highest BCUT2D eigenvalue weighted by Gasteiger charge is 2.43. The molecule has 3 fully saturated rings. The molecule has 0 spiro atoms. The van der Waals surface area contributed by atoms with Crippen LogP contribution in [0.3, 0.4) is 0 Å². The van der Waals surface area contributed by atoms with Gasteiger partial charge in [-0.05, 0) is 87.2 Å². The number of ether oxygens (including phenoxy) is 2. The van der Waals surface area contributed by atoms with Crippen LogP contribution in [-0.2, 0) is 4.79 Å². The van der Waals surface area contributed by atoms with Gasteiger partial charge in [0.05, 0.1) is 5.92 Å². The Kier molecular flexibility index (Phi) is 11.1. The number of rotatable bonds is 11. The van der Waals surface area contributed by atoms with E-state index in [1.807, 2.05) is 6.92 Å². The number of unbranched alkanes of at least 4 members (excludes halogenated alkanes) is 3. The molecule has 0 bridgehead atoms. The van der Waals surface area contributed by atoms with Gasteiger partial charge in [0.1, 0.15) is 6.61 Å². The van der Waals surface area contributed by atoms with E-state index in [4.69, 9.17) is 9.47 Å². The zero-order valence-electron chi connectivity index (χ0n) is 23.6. The summed E-state index contributed by atoms with van der Waals surface area (Å²) in [6, 6.07) is 2.64. The monoisotopic (exact) mass is 530 g/mol. The highest BCUT2D eigenvalue weighted by Crippen LogP contribution is 2.50. The highest BCUT2D eigenvalue weighted by molar-refractivity contribution is 5.75. The third kappa shape index (κ3) is 7.39. The molecule has 3 saturated carbocycles. The van der Waals surface area contributed by atoms with Crippen molar-refractivity contribution in [3.8, 4) is 11.5 Å². The van der Waals surface area contributed by atoms with Crippen LogP contribution in [0.5, 0.6) is 11.5 Å². The predicted octanol–water partition coefficient (Wildman–Crippen LogP) is 9.43. The Bertz CT molecular complexity index is 921. The lowest BCUT2D eigenvalue weighted by Gasteiger charge is -2.46. The van der Waals surface area contributed by atoms with Crippen LogP contribution in [0, 0.1) is 47.1 Å². The van der Waals surface area contributed by atoms with Crippen LogP contribution in [0.4, 0.5) is 8.78 Å². The molecule has 0 radical (unpaired) electrons. The molecule has 0 aliphatic heterocycles. The molecular weight excluding hydrogens is 482 g/mol. The minimum Gasteiger partial charge on any atom is -0.486 e. The minimum absolute atomic E-state index is 0.151. The first-order valence-electron chi connectivity index (χ1n) is 15.4. The molecule has 0 aromatic heterocycles. The van der Waals surface area contributed by atoms with Gasteiger partial charge in [-0.3, -0.25) is 4.79 Å². The van der Waals surface area contributed by atoms with Crippen molar-refractivity contribution in [2.24, 2.45) is 35.5 Å². The first kappa shape index (κ1) is 29.1. The number of carbonyl (C=O) groups is 1. The van der Waals surface area contributed by atoms with Gasteiger partial charge in [-0.2, -0.15) is 8.78 Å². The Morgan fingerprint density at radius 3 is 2.39 bits per heavy atom. The van der Waals surface area contributed by atoms with E-state index >= 15 is 0 Å². The van der Waals surface area contributed by atoms with Crippen molar-refractivity contribution in [3.63, 3.8) is 0 Å². The summed E-state index contributed by atoms with van der Waals surface area (Å²) < 4.78 is 39.9. The third-order valence-electron chi connectivity index (χ3n) is 9.81. The number of esters is 1. The van der Waals surface area contributed by atoms with E-state index in [9.17, 15) is 13.6 Å². The number of halogens is 2. The van der Waals surface area contributed by atoms with E-state index in [2.05, 4.69) is 6.92 Å². The summed E-state index contributed by atoms with van der Waals surface area (Å²) in [4.78, 5) is 13.2. The molecule has 3 aliphatic rings. The van der Waals surface area contributed by atoms with Crippen molar-refractivity contribution in [2.75, 3.05) is 6.61 Å². The maximum atomic E-state index is 14.7. The summed E-state index contributed by atoms with van der Waals surface area (Å²) in [6.07, 6.45) is 22.4. The van der Waals surface area contributed by atoms with Crippen LogP contribution in [0.2, 0.25) is 0 Å². The SMILES string of the molecule is C/C=C/COc1ccc(OC(=O)C2CCCC3CC(C4CCC(CCCCCC)CC4)CCC32)c(F)c1F. The number of carbonyl (C=O) groups excluding carboxylic acids is 1. The van der Waals surface area contributed by atoms with Gasteiger partial charge < -0.3 is 9.47 Å². The van der Waals surface area contributed by atoms with Crippen molar-refractivity contribution < 1.29 is 23.0 Å². The third-order valence-corrected chi connectivity index (χ3v) is 9.81. The van der Waals surface area contributed by atoms with Gasteiger partial charge in [-0.25, -0.2) is 0 Å². The number of allylic oxidation sites excluding steroid dienone is 1. The van der Waals surface area contributed by atoms with Gasteiger partial charge in [-0.15, -0.1) is 0 Å². The van der Waals surface area contributed by atoms with Gasteiger partial charge in [0.15, 0.2) is 11.5 Å². The fraction of sp³-hybridized carbons (Fsp3) is 0.727. The lowest BCUT2D eigenvalue weighted by Crippen LogP contribution is -2.40. The smallest absolute Gasteiger partial charge is 0.314 e. The second-order valence-corrected chi connectivity index (χ2v) is 12.2. The van der Waals surface area contributed by atoms with Gasteiger partial charge in [0.25, 0.3) is 0 Å². The Morgan fingerprint density at radius 2 is 1.63 bits per heavy atom. The normalized spacial score (nSPS) is 29.7. The van der Waals surface area contributed by atoms with Crippen molar-refractivity contribution in [3.05, 3.63) is 35.9 Å². The standard InChI is InChI=1S/C33H48F2O3/c1-3-5-7-8-10-23-13-15-24(16-14-23)25-17-18-27-26(22-25)11-9-12-28(27)33(36)38-30-20-19-29(31(34)32(30)35)37-21-6-4-2/h4,6,19-20,23-28H,3,5,7-18,21-22H2,1-2H3/b6-4+. The number of benzene rings is 1. The predicted molar refractivity (Wildman–Crippen MR) is 148 cm³/mol. The first-order chi connectivity index (χ1) is 18.5. The fourth-order valence-corrected chi connectivity index (χ4v) is 7.65. The summed E-state index contributed by atoms with van der Waals surface area (Å²) >= 11 is 0. The molecule has 5 heteroatoms. The molecule has 0 N–H and O–H groups in total. The van der Waals surface area contributed by atoms with E-state index in [0.29, 0.717) is 11.8 Å². The molecule has 0 amide bonds. The molecule has 1 aromatic rings. The fourth-order valence-electron chi connectivity index (χ4n) is 7.65. The van der Waals surface area contributed by atoms with E-state index in [-0.39, 0.29) is 24.0 Å². The molecule has 4 atom stereocenters. The molecule has 3 aliphatic carbocycles. The van der Waals surface area contributed by atoms with E-state index in [1.54, 1.807) is 12.2 Å². The van der Waals surface area contributed by atoms with Gasteiger partial charge in [0, 0.05) is 0 Å². The quantitative estimate of drug-likeness (QED) is 0.124. The summed E-state index contributed by atoms with van der Waals surface area (Å²) in [7, 11) is 0. The summed E-state index contributed by atoms with van der Waals surface area (Å²) in [5.74, 6) is 0.0154. The van der Waals surface area contributed by atoms with E-state index in [1.165, 1.54) is 89.2 Å². The summed E-state index contributed by atoms with van der Waals surface area (Å²) in [5, 5.41) is 0. The van der Waals surface area contributed by atoms with Crippen molar-refractivity contribution in [1.29, 1.82) is 0 Å². The molecule has 3 nitrogen and oxygen atoms in total. The molecule has 38 heavy (non-hydrogen) atoms. The zero-order chi connectivity index (χ0) is 26.9. The van der Waals surface area contributed by atoms with Crippen LogP contribution in [-0.4, -0.2) is 12.6 Å². The largest absolute Gasteiger partial charge is 0.486 e. The van der Waals surface area contributed by atoms with Crippen molar-refractivity contribution in [1.82, 2.24) is 0 Å². The van der Waals surface area contributed by atoms with Crippen LogP contribution >= 0.6 is 0 Å². The molecule has 4 rings (SSSR count). The van der Waals surface area contributed by atoms with Crippen molar-refractivity contribution in [2.45, 2.75) is 110 Å².